The molecule has 2 heterocycles. The number of imide groups is 1. The molecule has 2 rings (SSSR count). The smallest absolute Gasteiger partial charge is 0.329 e. The van der Waals surface area contributed by atoms with Crippen molar-refractivity contribution in [1.82, 2.24) is 15.5 Å². The molecule has 4 atom stereocenters. The largest absolute Gasteiger partial charge is 0.394 e. The fraction of sp³-hybridized carbons (Fsp3) is 0.750. The third kappa shape index (κ3) is 2.05. The van der Waals surface area contributed by atoms with Gasteiger partial charge in [-0.2, -0.15) is 0 Å². The zero-order valence-corrected chi connectivity index (χ0v) is 8.74. The van der Waals surface area contributed by atoms with E-state index in [0.717, 1.165) is 4.90 Å². The maximum absolute atomic E-state index is 11.5. The molecule has 1 unspecified atom stereocenters. The molecule has 0 bridgehead atoms. The average Bonchev–Trinajstić information content (AvgIpc) is 2.57. The van der Waals surface area contributed by atoms with Crippen molar-refractivity contribution in [2.75, 3.05) is 13.3 Å². The number of aliphatic hydroxyl groups is 3. The van der Waals surface area contributed by atoms with Gasteiger partial charge < -0.3 is 25.4 Å². The maximum atomic E-state index is 11.5. The molecule has 0 aromatic rings. The highest BCUT2D eigenvalue weighted by Gasteiger charge is 2.47. The van der Waals surface area contributed by atoms with Gasteiger partial charge in [0.2, 0.25) is 0 Å². The minimum atomic E-state index is -1.34. The van der Waals surface area contributed by atoms with Crippen LogP contribution in [0.3, 0.4) is 0 Å². The molecule has 0 spiro atoms. The topological polar surface area (TPSA) is 131 Å². The summed E-state index contributed by atoms with van der Waals surface area (Å²) in [6.07, 6.45) is -4.69. The summed E-state index contributed by atoms with van der Waals surface area (Å²) in [5.74, 6) is 0. The van der Waals surface area contributed by atoms with Crippen molar-refractivity contribution < 1.29 is 29.6 Å². The second-order valence-electron chi connectivity index (χ2n) is 3.79. The fourth-order valence-corrected chi connectivity index (χ4v) is 1.78. The Kier molecular flexibility index (Phi) is 3.15. The molecule has 0 saturated carbocycles. The molecule has 5 N–H and O–H groups in total. The quantitative estimate of drug-likeness (QED) is 0.356. The van der Waals surface area contributed by atoms with E-state index in [1.54, 1.807) is 0 Å². The molecule has 17 heavy (non-hydrogen) atoms. The molecule has 0 aromatic carbocycles. The van der Waals surface area contributed by atoms with Crippen LogP contribution < -0.4 is 10.6 Å². The Hall–Kier alpha value is -1.42. The summed E-state index contributed by atoms with van der Waals surface area (Å²) in [5, 5.41) is 32.4. The Balaban J connectivity index is 2.08. The normalized spacial score (nSPS) is 37.9. The van der Waals surface area contributed by atoms with Crippen LogP contribution in [-0.4, -0.2) is 70.1 Å². The van der Waals surface area contributed by atoms with Gasteiger partial charge in [0.05, 0.1) is 13.3 Å². The van der Waals surface area contributed by atoms with Gasteiger partial charge in [-0.05, 0) is 0 Å². The lowest BCUT2D eigenvalue weighted by Crippen LogP contribution is -2.62. The molecular weight excluding hydrogens is 234 g/mol. The van der Waals surface area contributed by atoms with E-state index < -0.39 is 43.2 Å². The van der Waals surface area contributed by atoms with Gasteiger partial charge in [-0.15, -0.1) is 0 Å². The first-order valence-corrected chi connectivity index (χ1v) is 5.02. The monoisotopic (exact) mass is 247 g/mol. The van der Waals surface area contributed by atoms with E-state index in [-0.39, 0.29) is 6.67 Å². The molecule has 4 amide bonds. The molecule has 2 fully saturated rings. The first kappa shape index (κ1) is 12.0. The fourth-order valence-electron chi connectivity index (χ4n) is 1.78. The predicted octanol–water partition coefficient (Wildman–Crippen LogP) is -2.88. The van der Waals surface area contributed by atoms with E-state index in [0.29, 0.717) is 0 Å². The summed E-state index contributed by atoms with van der Waals surface area (Å²) in [7, 11) is 0. The van der Waals surface area contributed by atoms with Crippen LogP contribution in [0, 0.1) is 0 Å². The molecule has 0 radical (unpaired) electrons. The van der Waals surface area contributed by atoms with E-state index in [1.807, 2.05) is 5.32 Å². The van der Waals surface area contributed by atoms with Crippen molar-refractivity contribution in [3.8, 4) is 0 Å². The third-order valence-electron chi connectivity index (χ3n) is 2.72. The van der Waals surface area contributed by atoms with Crippen molar-refractivity contribution >= 4 is 12.1 Å². The standard InChI is InChI=1S/C8H13N3O6/c12-1-3-4(13)5(14)6(17-3)11-2-9-7(15)10-8(11)16/h3-6,12-14H,1-2H2,(H2,9,10,15,16)/t3-,4+,5?,6-/m1/s1. The van der Waals surface area contributed by atoms with Crippen LogP contribution in [0.2, 0.25) is 0 Å². The minimum Gasteiger partial charge on any atom is -0.394 e. The van der Waals surface area contributed by atoms with Gasteiger partial charge in [-0.3, -0.25) is 10.2 Å². The van der Waals surface area contributed by atoms with Crippen LogP contribution in [0.1, 0.15) is 0 Å². The van der Waals surface area contributed by atoms with Gasteiger partial charge in [-0.25, -0.2) is 9.59 Å². The molecule has 2 saturated heterocycles. The number of aliphatic hydroxyl groups excluding tert-OH is 3. The average molecular weight is 247 g/mol. The lowest BCUT2D eigenvalue weighted by molar-refractivity contribution is -0.0818. The van der Waals surface area contributed by atoms with Gasteiger partial charge in [0.25, 0.3) is 0 Å². The van der Waals surface area contributed by atoms with Crippen molar-refractivity contribution in [3.63, 3.8) is 0 Å². The van der Waals surface area contributed by atoms with Gasteiger partial charge in [0, 0.05) is 0 Å². The summed E-state index contributed by atoms with van der Waals surface area (Å²) in [6, 6.07) is -1.37. The van der Waals surface area contributed by atoms with Gasteiger partial charge >= 0.3 is 12.1 Å². The van der Waals surface area contributed by atoms with Gasteiger partial charge in [-0.1, -0.05) is 0 Å². The molecule has 2 aliphatic rings. The number of hydrogen-bond acceptors (Lipinski definition) is 6. The summed E-state index contributed by atoms with van der Waals surface area (Å²) in [5.41, 5.74) is 0. The summed E-state index contributed by atoms with van der Waals surface area (Å²) < 4.78 is 5.14. The first-order valence-electron chi connectivity index (χ1n) is 5.02. The van der Waals surface area contributed by atoms with E-state index >= 15 is 0 Å². The number of nitrogens with one attached hydrogen (secondary N) is 2. The summed E-state index contributed by atoms with van der Waals surface area (Å²) in [6.45, 7) is -0.617. The van der Waals surface area contributed by atoms with E-state index in [4.69, 9.17) is 9.84 Å². The highest BCUT2D eigenvalue weighted by molar-refractivity contribution is 5.95. The Labute approximate surface area is 96.0 Å². The SMILES string of the molecule is O=C1NCN([C@@H]2O[C@H](CO)[C@H](O)C2O)C(=O)N1. The third-order valence-corrected chi connectivity index (χ3v) is 2.72. The number of urea groups is 2. The summed E-state index contributed by atoms with van der Waals surface area (Å²) >= 11 is 0. The van der Waals surface area contributed by atoms with Crippen molar-refractivity contribution in [1.29, 1.82) is 0 Å². The second kappa shape index (κ2) is 4.45. The number of rotatable bonds is 2. The van der Waals surface area contributed by atoms with Crippen molar-refractivity contribution in [3.05, 3.63) is 0 Å². The van der Waals surface area contributed by atoms with Crippen LogP contribution in [0.15, 0.2) is 0 Å². The Morgan fingerprint density at radius 1 is 1.35 bits per heavy atom. The van der Waals surface area contributed by atoms with Crippen LogP contribution in [0.5, 0.6) is 0 Å². The lowest BCUT2D eigenvalue weighted by atomic mass is 10.1. The lowest BCUT2D eigenvalue weighted by Gasteiger charge is -2.33. The van der Waals surface area contributed by atoms with Crippen molar-refractivity contribution in [2.45, 2.75) is 24.5 Å². The van der Waals surface area contributed by atoms with Gasteiger partial charge in [0.15, 0.2) is 6.23 Å². The zero-order valence-electron chi connectivity index (χ0n) is 8.74. The number of carbonyl (C=O) groups is 2. The maximum Gasteiger partial charge on any atom is 0.329 e. The number of nitrogens with zero attached hydrogens (tertiary/aromatic N) is 1. The van der Waals surface area contributed by atoms with E-state index in [9.17, 15) is 19.8 Å². The molecule has 0 aliphatic carbocycles. The van der Waals surface area contributed by atoms with E-state index in [2.05, 4.69) is 5.32 Å². The molecular formula is C8H13N3O6. The number of amides is 4. The Morgan fingerprint density at radius 3 is 2.59 bits per heavy atom. The molecule has 9 nitrogen and oxygen atoms in total. The van der Waals surface area contributed by atoms with Crippen LogP contribution in [-0.2, 0) is 4.74 Å². The number of carbonyl (C=O) groups excluding carboxylic acids is 2. The molecule has 0 aromatic heterocycles. The van der Waals surface area contributed by atoms with Gasteiger partial charge in [0.1, 0.15) is 18.3 Å². The second-order valence-corrected chi connectivity index (χ2v) is 3.79. The number of hydrogen-bond donors (Lipinski definition) is 5. The molecule has 9 heteroatoms. The van der Waals surface area contributed by atoms with Crippen LogP contribution in [0.4, 0.5) is 9.59 Å². The summed E-state index contributed by atoms with van der Waals surface area (Å²) in [4.78, 5) is 23.3. The highest BCUT2D eigenvalue weighted by Crippen LogP contribution is 2.24. The number of ether oxygens (including phenoxy) is 1. The Bertz CT molecular complexity index is 337. The zero-order chi connectivity index (χ0) is 12.6. The molecule has 96 valence electrons. The van der Waals surface area contributed by atoms with E-state index in [1.165, 1.54) is 0 Å². The minimum absolute atomic E-state index is 0.142. The van der Waals surface area contributed by atoms with Crippen LogP contribution >= 0.6 is 0 Å². The first-order chi connectivity index (χ1) is 8.04. The van der Waals surface area contributed by atoms with Crippen molar-refractivity contribution in [2.24, 2.45) is 0 Å². The molecule has 2 aliphatic heterocycles. The highest BCUT2D eigenvalue weighted by atomic mass is 16.6. The Morgan fingerprint density at radius 2 is 2.06 bits per heavy atom. The predicted molar refractivity (Wildman–Crippen MR) is 51.5 cm³/mol. The van der Waals surface area contributed by atoms with Crippen LogP contribution in [0.25, 0.3) is 0 Å².